The van der Waals surface area contributed by atoms with Crippen molar-refractivity contribution in [2.45, 2.75) is 11.1 Å². The molecule has 2 aromatic carbocycles. The van der Waals surface area contributed by atoms with Gasteiger partial charge in [0.1, 0.15) is 0 Å². The third-order valence-electron chi connectivity index (χ3n) is 3.21. The highest BCUT2D eigenvalue weighted by Gasteiger charge is 2.52. The molecule has 7 heteroatoms. The second-order valence-corrected chi connectivity index (χ2v) is 6.38. The van der Waals surface area contributed by atoms with Crippen LogP contribution in [-0.2, 0) is 14.9 Å². The summed E-state index contributed by atoms with van der Waals surface area (Å²) >= 11 is 0. The maximum Gasteiger partial charge on any atom is 0.268 e. The summed E-state index contributed by atoms with van der Waals surface area (Å²) in [5, 5.41) is 0. The average Bonchev–Trinajstić information content (AvgIpc) is 3.36. The Morgan fingerprint density at radius 1 is 1.05 bits per heavy atom. The van der Waals surface area contributed by atoms with Gasteiger partial charge in [0, 0.05) is 11.1 Å². The number of sulfonamides is 1. The van der Waals surface area contributed by atoms with Gasteiger partial charge in [0.25, 0.3) is 10.0 Å². The molecule has 2 atom stereocenters. The van der Waals surface area contributed by atoms with E-state index in [0.717, 1.165) is 0 Å². The number of aldehydes is 1. The summed E-state index contributed by atoms with van der Waals surface area (Å²) in [5.41, 5.74) is 0.327. The molecule has 0 radical (unpaired) electrons. The van der Waals surface area contributed by atoms with Crippen molar-refractivity contribution in [3.63, 3.8) is 0 Å². The van der Waals surface area contributed by atoms with E-state index >= 15 is 0 Å². The molecule has 2 aromatic rings. The summed E-state index contributed by atoms with van der Waals surface area (Å²) in [6.07, 6.45) is -0.683. The minimum absolute atomic E-state index is 0.0361. The highest BCUT2D eigenvalue weighted by Crippen LogP contribution is 2.32. The van der Waals surface area contributed by atoms with E-state index in [1.165, 1.54) is 24.3 Å². The highest BCUT2D eigenvalue weighted by atomic mass is 32.2. The molecule has 0 aliphatic carbocycles. The topological polar surface area (TPSA) is 83.8 Å². The van der Waals surface area contributed by atoms with E-state index in [1.807, 2.05) is 0 Å². The first kappa shape index (κ1) is 14.6. The van der Waals surface area contributed by atoms with Gasteiger partial charge in [-0.1, -0.05) is 42.5 Å². The third kappa shape index (κ3) is 2.45. The maximum atomic E-state index is 12.3. The first-order chi connectivity index (χ1) is 10.6. The van der Waals surface area contributed by atoms with E-state index in [9.17, 15) is 18.0 Å². The van der Waals surface area contributed by atoms with Gasteiger partial charge in [-0.05, 0) is 16.6 Å². The van der Waals surface area contributed by atoms with Crippen LogP contribution in [0.2, 0.25) is 0 Å². The number of carbonyl (C=O) groups excluding carboxylic acids is 2. The number of Topliss-reactive ketones (excluding diaryl/α,β-unsaturated/α-hetero) is 1. The summed E-state index contributed by atoms with van der Waals surface area (Å²) in [6, 6.07) is 13.8. The van der Waals surface area contributed by atoms with Gasteiger partial charge in [-0.25, -0.2) is 13.3 Å². The molecule has 1 unspecified atom stereocenters. The number of ketones is 1. The lowest BCUT2D eigenvalue weighted by Crippen LogP contribution is -2.20. The average molecular weight is 317 g/mol. The zero-order valence-electron chi connectivity index (χ0n) is 11.2. The van der Waals surface area contributed by atoms with E-state index in [-0.39, 0.29) is 16.0 Å². The predicted octanol–water partition coefficient (Wildman–Crippen LogP) is 1.64. The van der Waals surface area contributed by atoms with Crippen LogP contribution in [0, 0.1) is 0 Å². The Balaban J connectivity index is 1.86. The number of benzene rings is 2. The molecule has 22 heavy (non-hydrogen) atoms. The van der Waals surface area contributed by atoms with Crippen molar-refractivity contribution in [2.24, 2.45) is 0 Å². The van der Waals surface area contributed by atoms with E-state index in [4.69, 9.17) is 4.84 Å². The number of rotatable bonds is 5. The fraction of sp³-hybridized carbons (Fsp3) is 0.0667. The number of hydrogen-bond donors (Lipinski definition) is 0. The molecule has 1 aliphatic heterocycles. The van der Waals surface area contributed by atoms with Crippen LogP contribution in [0.3, 0.4) is 0 Å². The zero-order chi connectivity index (χ0) is 15.7. The summed E-state index contributed by atoms with van der Waals surface area (Å²) in [6.45, 7) is 0. The van der Waals surface area contributed by atoms with Crippen LogP contribution in [0.25, 0.3) is 0 Å². The summed E-state index contributed by atoms with van der Waals surface area (Å²) in [5.74, 6) is -0.567. The monoisotopic (exact) mass is 317 g/mol. The van der Waals surface area contributed by atoms with Gasteiger partial charge >= 0.3 is 0 Å². The number of nitrogens with zero attached hydrogens (tertiary/aromatic N) is 1. The maximum absolute atomic E-state index is 12.3. The quantitative estimate of drug-likeness (QED) is 0.475. The first-order valence-corrected chi connectivity index (χ1v) is 7.84. The highest BCUT2D eigenvalue weighted by molar-refractivity contribution is 7.89. The molecule has 0 bridgehead atoms. The van der Waals surface area contributed by atoms with Crippen molar-refractivity contribution in [1.29, 1.82) is 0 Å². The van der Waals surface area contributed by atoms with Gasteiger partial charge in [0.15, 0.2) is 6.29 Å². The molecule has 1 fully saturated rings. The molecule has 1 aliphatic rings. The zero-order valence-corrected chi connectivity index (χ0v) is 12.1. The molecule has 3 rings (SSSR count). The van der Waals surface area contributed by atoms with E-state index in [1.54, 1.807) is 30.3 Å². The molecule has 1 saturated heterocycles. The van der Waals surface area contributed by atoms with Crippen molar-refractivity contribution in [3.8, 4) is 0 Å². The van der Waals surface area contributed by atoms with Gasteiger partial charge in [-0.3, -0.25) is 9.59 Å². The molecule has 1 heterocycles. The van der Waals surface area contributed by atoms with Crippen LogP contribution in [0.4, 0.5) is 0 Å². The largest absolute Gasteiger partial charge is 0.298 e. The number of hydroxylamine groups is 1. The lowest BCUT2D eigenvalue weighted by atomic mass is 10.0. The van der Waals surface area contributed by atoms with Crippen molar-refractivity contribution < 1.29 is 22.8 Å². The Bertz CT molecular complexity index is 832. The third-order valence-corrected chi connectivity index (χ3v) is 4.82. The molecular formula is C15H11NO5S. The summed E-state index contributed by atoms with van der Waals surface area (Å²) < 4.78 is 25.2. The molecule has 0 spiro atoms. The summed E-state index contributed by atoms with van der Waals surface area (Å²) in [4.78, 5) is 28.2. The second-order valence-electron chi connectivity index (χ2n) is 4.60. The van der Waals surface area contributed by atoms with Crippen LogP contribution >= 0.6 is 0 Å². The first-order valence-electron chi connectivity index (χ1n) is 6.40. The lowest BCUT2D eigenvalue weighted by Gasteiger charge is -2.02. The van der Waals surface area contributed by atoms with Crippen LogP contribution < -0.4 is 0 Å². The van der Waals surface area contributed by atoms with Crippen LogP contribution in [0.5, 0.6) is 0 Å². The molecule has 0 amide bonds. The molecule has 112 valence electrons. The predicted molar refractivity (Wildman–Crippen MR) is 76.5 cm³/mol. The molecule has 0 aromatic heterocycles. The normalized spacial score (nSPS) is 20.4. The standard InChI is InChI=1S/C15H11NO5S/c17-10-11-6-4-5-9-13(11)14(18)15-16(21-15)22(19,20)12-7-2-1-3-8-12/h1-10,15H/t15?,16-/m0/s1. The summed E-state index contributed by atoms with van der Waals surface area (Å²) in [7, 11) is -3.89. The molecule has 0 saturated carbocycles. The fourth-order valence-corrected chi connectivity index (χ4v) is 3.30. The Kier molecular flexibility index (Phi) is 3.61. The second kappa shape index (κ2) is 5.45. The molecular weight excluding hydrogens is 306 g/mol. The smallest absolute Gasteiger partial charge is 0.268 e. The fourth-order valence-electron chi connectivity index (χ4n) is 2.05. The number of hydrogen-bond acceptors (Lipinski definition) is 5. The Hall–Kier alpha value is -2.35. The van der Waals surface area contributed by atoms with Gasteiger partial charge in [-0.2, -0.15) is 0 Å². The van der Waals surface area contributed by atoms with Crippen LogP contribution in [0.15, 0.2) is 59.5 Å². The van der Waals surface area contributed by atoms with Gasteiger partial charge in [0.05, 0.1) is 4.90 Å². The van der Waals surface area contributed by atoms with E-state index in [0.29, 0.717) is 10.8 Å². The van der Waals surface area contributed by atoms with Crippen LogP contribution in [-0.4, -0.2) is 31.2 Å². The minimum atomic E-state index is -3.89. The lowest BCUT2D eigenvalue weighted by molar-refractivity contribution is 0.0948. The van der Waals surface area contributed by atoms with Crippen molar-refractivity contribution in [3.05, 3.63) is 65.7 Å². The Morgan fingerprint density at radius 2 is 1.68 bits per heavy atom. The van der Waals surface area contributed by atoms with Crippen LogP contribution in [0.1, 0.15) is 20.7 Å². The van der Waals surface area contributed by atoms with Gasteiger partial charge in [0.2, 0.25) is 12.0 Å². The minimum Gasteiger partial charge on any atom is -0.298 e. The Morgan fingerprint density at radius 3 is 2.36 bits per heavy atom. The van der Waals surface area contributed by atoms with E-state index < -0.39 is 22.0 Å². The van der Waals surface area contributed by atoms with Gasteiger partial charge < -0.3 is 0 Å². The van der Waals surface area contributed by atoms with Crippen molar-refractivity contribution in [1.82, 2.24) is 4.47 Å². The Labute approximate surface area is 126 Å². The number of carbonyl (C=O) groups is 2. The SMILES string of the molecule is O=Cc1ccccc1C(=O)C1O[N@@]1S(=O)(=O)c1ccccc1. The van der Waals surface area contributed by atoms with Gasteiger partial charge in [-0.15, -0.1) is 0 Å². The van der Waals surface area contributed by atoms with Crippen molar-refractivity contribution in [2.75, 3.05) is 0 Å². The molecule has 6 nitrogen and oxygen atoms in total. The molecule has 0 N–H and O–H groups in total. The van der Waals surface area contributed by atoms with Crippen molar-refractivity contribution >= 4 is 22.1 Å². The van der Waals surface area contributed by atoms with E-state index in [2.05, 4.69) is 0 Å².